The molecule has 22 heavy (non-hydrogen) atoms. The number of aromatic hydroxyl groups is 1. The molecule has 0 aliphatic heterocycles. The molecule has 0 radical (unpaired) electrons. The lowest BCUT2D eigenvalue weighted by atomic mass is 10.0. The van der Waals surface area contributed by atoms with E-state index >= 15 is 0 Å². The lowest BCUT2D eigenvalue weighted by molar-refractivity contribution is -0.124. The predicted molar refractivity (Wildman–Crippen MR) is 81.9 cm³/mol. The van der Waals surface area contributed by atoms with Gasteiger partial charge >= 0.3 is 6.09 Å². The number of phenols is 1. The topological polar surface area (TPSA) is 84.9 Å². The van der Waals surface area contributed by atoms with Crippen molar-refractivity contribution in [1.29, 1.82) is 0 Å². The lowest BCUT2D eigenvalue weighted by Gasteiger charge is -2.23. The minimum Gasteiger partial charge on any atom is -0.508 e. The molecule has 2 N–H and O–H groups in total. The maximum Gasteiger partial charge on any atom is 0.408 e. The zero-order chi connectivity index (χ0) is 16.8. The molecule has 0 saturated heterocycles. The molecule has 0 saturated carbocycles. The Morgan fingerprint density at radius 1 is 1.23 bits per heavy atom. The van der Waals surface area contributed by atoms with Crippen LogP contribution in [0.4, 0.5) is 4.79 Å². The van der Waals surface area contributed by atoms with Gasteiger partial charge in [-0.15, -0.1) is 0 Å². The molecule has 0 aliphatic rings. The molecule has 0 bridgehead atoms. The first kappa shape index (κ1) is 18.0. The average Bonchev–Trinajstić information content (AvgIpc) is 2.38. The highest BCUT2D eigenvalue weighted by Gasteiger charge is 2.24. The molecule has 1 amide bonds. The summed E-state index contributed by atoms with van der Waals surface area (Å²) < 4.78 is 10.0. The molecular formula is C16H23NO5. The number of carbonyl (C=O) groups is 2. The number of carbonyl (C=O) groups excluding carboxylic acids is 2. The third-order valence-corrected chi connectivity index (χ3v) is 2.74. The molecular weight excluding hydrogens is 286 g/mol. The molecule has 1 unspecified atom stereocenters. The maximum atomic E-state index is 12.1. The highest BCUT2D eigenvalue weighted by molar-refractivity contribution is 5.88. The number of benzene rings is 1. The minimum atomic E-state index is -0.751. The quantitative estimate of drug-likeness (QED) is 0.840. The van der Waals surface area contributed by atoms with E-state index in [9.17, 15) is 14.7 Å². The van der Waals surface area contributed by atoms with Gasteiger partial charge in [0.2, 0.25) is 0 Å². The standard InChI is InChI=1S/C16H23NO5/c1-16(2,3)22-15(20)17-13(14(19)10-21-4)9-11-5-7-12(18)8-6-11/h5-8,13,18H,9-10H2,1-4H3,(H,17,20). The third kappa shape index (κ3) is 6.58. The van der Waals surface area contributed by atoms with Crippen LogP contribution in [0.2, 0.25) is 0 Å². The van der Waals surface area contributed by atoms with Gasteiger partial charge in [0, 0.05) is 7.11 Å². The van der Waals surface area contributed by atoms with Gasteiger partial charge in [0.25, 0.3) is 0 Å². The van der Waals surface area contributed by atoms with Gasteiger partial charge in [-0.2, -0.15) is 0 Å². The monoisotopic (exact) mass is 309 g/mol. The SMILES string of the molecule is COCC(=O)C(Cc1ccc(O)cc1)NC(=O)OC(C)(C)C. The summed E-state index contributed by atoms with van der Waals surface area (Å²) in [5, 5.41) is 11.8. The fourth-order valence-corrected chi connectivity index (χ4v) is 1.81. The second kappa shape index (κ2) is 7.79. The van der Waals surface area contributed by atoms with E-state index in [2.05, 4.69) is 5.32 Å². The number of amides is 1. The van der Waals surface area contributed by atoms with Crippen LogP contribution in [-0.4, -0.2) is 42.3 Å². The molecule has 1 aromatic rings. The number of ketones is 1. The largest absolute Gasteiger partial charge is 0.508 e. The van der Waals surface area contributed by atoms with E-state index in [1.54, 1.807) is 32.9 Å². The number of rotatable bonds is 6. The fraction of sp³-hybridized carbons (Fsp3) is 0.500. The summed E-state index contributed by atoms with van der Waals surface area (Å²) in [6.45, 7) is 5.15. The molecule has 1 rings (SSSR count). The predicted octanol–water partition coefficient (Wildman–Crippen LogP) is 2.04. The normalized spacial score (nSPS) is 12.5. The minimum absolute atomic E-state index is 0.0987. The van der Waals surface area contributed by atoms with Crippen molar-refractivity contribution in [3.05, 3.63) is 29.8 Å². The van der Waals surface area contributed by atoms with Crippen molar-refractivity contribution in [2.75, 3.05) is 13.7 Å². The van der Waals surface area contributed by atoms with Crippen LogP contribution in [0.25, 0.3) is 0 Å². The van der Waals surface area contributed by atoms with E-state index < -0.39 is 17.7 Å². The van der Waals surface area contributed by atoms with Gasteiger partial charge in [0.1, 0.15) is 18.0 Å². The Kier molecular flexibility index (Phi) is 6.37. The number of methoxy groups -OCH3 is 1. The number of hydrogen-bond donors (Lipinski definition) is 2. The molecule has 1 aromatic carbocycles. The first-order valence-corrected chi connectivity index (χ1v) is 7.00. The van der Waals surface area contributed by atoms with E-state index in [0.717, 1.165) is 5.56 Å². The Hall–Kier alpha value is -2.08. The van der Waals surface area contributed by atoms with E-state index in [1.807, 2.05) is 0 Å². The van der Waals surface area contributed by atoms with Crippen molar-refractivity contribution in [3.63, 3.8) is 0 Å². The molecule has 0 aromatic heterocycles. The van der Waals surface area contributed by atoms with Crippen molar-refractivity contribution in [2.24, 2.45) is 0 Å². The van der Waals surface area contributed by atoms with Gasteiger partial charge < -0.3 is 19.9 Å². The van der Waals surface area contributed by atoms with Gasteiger partial charge in [0.05, 0.1) is 6.04 Å². The second-order valence-electron chi connectivity index (χ2n) is 5.97. The molecule has 0 spiro atoms. The molecule has 1 atom stereocenters. The first-order valence-electron chi connectivity index (χ1n) is 7.00. The van der Waals surface area contributed by atoms with Gasteiger partial charge in [-0.1, -0.05) is 12.1 Å². The molecule has 0 heterocycles. The van der Waals surface area contributed by atoms with E-state index in [4.69, 9.17) is 9.47 Å². The first-order chi connectivity index (χ1) is 10.2. The summed E-state index contributed by atoms with van der Waals surface area (Å²) in [5.41, 5.74) is 0.167. The van der Waals surface area contributed by atoms with Crippen LogP contribution in [0, 0.1) is 0 Å². The van der Waals surface area contributed by atoms with E-state index in [-0.39, 0.29) is 18.1 Å². The summed E-state index contributed by atoms with van der Waals surface area (Å²) >= 11 is 0. The highest BCUT2D eigenvalue weighted by Crippen LogP contribution is 2.12. The zero-order valence-electron chi connectivity index (χ0n) is 13.4. The Labute approximate surface area is 130 Å². The van der Waals surface area contributed by atoms with Gasteiger partial charge in [-0.25, -0.2) is 4.79 Å². The van der Waals surface area contributed by atoms with E-state index in [1.165, 1.54) is 19.2 Å². The fourth-order valence-electron chi connectivity index (χ4n) is 1.81. The zero-order valence-corrected chi connectivity index (χ0v) is 13.4. The number of ether oxygens (including phenoxy) is 2. The van der Waals surface area contributed by atoms with Crippen LogP contribution in [0.1, 0.15) is 26.3 Å². The number of Topliss-reactive ketones (excluding diaryl/α,β-unsaturated/α-hetero) is 1. The van der Waals surface area contributed by atoms with Gasteiger partial charge in [-0.05, 0) is 44.9 Å². The second-order valence-corrected chi connectivity index (χ2v) is 5.97. The summed E-state index contributed by atoms with van der Waals surface area (Å²) in [7, 11) is 1.42. The van der Waals surface area contributed by atoms with Crippen LogP contribution >= 0.6 is 0 Å². The Balaban J connectivity index is 2.77. The molecule has 122 valence electrons. The van der Waals surface area contributed by atoms with Crippen LogP contribution < -0.4 is 5.32 Å². The van der Waals surface area contributed by atoms with Crippen molar-refractivity contribution in [1.82, 2.24) is 5.32 Å². The lowest BCUT2D eigenvalue weighted by Crippen LogP contribution is -2.45. The van der Waals surface area contributed by atoms with Crippen LogP contribution in [0.15, 0.2) is 24.3 Å². The average molecular weight is 309 g/mol. The van der Waals surface area contributed by atoms with Crippen molar-refractivity contribution < 1.29 is 24.2 Å². The van der Waals surface area contributed by atoms with Crippen LogP contribution in [-0.2, 0) is 20.7 Å². The van der Waals surface area contributed by atoms with Gasteiger partial charge in [-0.3, -0.25) is 4.79 Å². The van der Waals surface area contributed by atoms with Crippen molar-refractivity contribution in [3.8, 4) is 5.75 Å². The summed E-state index contributed by atoms with van der Waals surface area (Å²) in [4.78, 5) is 23.9. The Morgan fingerprint density at radius 3 is 2.32 bits per heavy atom. The summed E-state index contributed by atoms with van der Waals surface area (Å²) in [6, 6.07) is 5.69. The number of nitrogens with one attached hydrogen (secondary N) is 1. The van der Waals surface area contributed by atoms with Gasteiger partial charge in [0.15, 0.2) is 5.78 Å². The molecule has 6 nitrogen and oxygen atoms in total. The molecule has 0 aliphatic carbocycles. The number of phenolic OH excluding ortho intramolecular Hbond substituents is 1. The highest BCUT2D eigenvalue weighted by atomic mass is 16.6. The summed E-state index contributed by atoms with van der Waals surface area (Å²) in [6.07, 6.45) is -0.359. The van der Waals surface area contributed by atoms with Crippen molar-refractivity contribution >= 4 is 11.9 Å². The van der Waals surface area contributed by atoms with Crippen LogP contribution in [0.3, 0.4) is 0 Å². The molecule has 0 fully saturated rings. The smallest absolute Gasteiger partial charge is 0.408 e. The maximum absolute atomic E-state index is 12.1. The molecule has 6 heteroatoms. The summed E-state index contributed by atoms with van der Waals surface area (Å²) in [5.74, 6) is -0.106. The Bertz CT molecular complexity index is 504. The third-order valence-electron chi connectivity index (χ3n) is 2.74. The van der Waals surface area contributed by atoms with E-state index in [0.29, 0.717) is 6.42 Å². The number of hydrogen-bond acceptors (Lipinski definition) is 5. The number of alkyl carbamates (subject to hydrolysis) is 1. The van der Waals surface area contributed by atoms with Crippen molar-refractivity contribution in [2.45, 2.75) is 38.8 Å². The Morgan fingerprint density at radius 2 is 1.82 bits per heavy atom. The van der Waals surface area contributed by atoms with Crippen LogP contribution in [0.5, 0.6) is 5.75 Å².